The fourth-order valence-electron chi connectivity index (χ4n) is 5.78. The van der Waals surface area contributed by atoms with Crippen molar-refractivity contribution in [2.75, 3.05) is 40.7 Å². The number of hydrogen-bond acceptors (Lipinski definition) is 10. The number of rotatable bonds is 1. The fourth-order valence-corrected chi connectivity index (χ4v) is 6.45. The van der Waals surface area contributed by atoms with Crippen molar-refractivity contribution >= 4 is 71.6 Å². The fraction of sp³-hybridized carbons (Fsp3) is 0.514. The smallest absolute Gasteiger partial charge is 0.253 e. The maximum absolute atomic E-state index is 11.8. The van der Waals surface area contributed by atoms with E-state index in [1.807, 2.05) is 20.1 Å². The minimum Gasteiger partial charge on any atom is -0.285 e. The van der Waals surface area contributed by atoms with E-state index < -0.39 is 0 Å². The first-order valence-electron chi connectivity index (χ1n) is 16.8. The van der Waals surface area contributed by atoms with Crippen LogP contribution in [0.5, 0.6) is 0 Å². The van der Waals surface area contributed by atoms with Gasteiger partial charge in [-0.15, -0.1) is 0 Å². The van der Waals surface area contributed by atoms with E-state index in [0.29, 0.717) is 18.3 Å². The summed E-state index contributed by atoms with van der Waals surface area (Å²) < 4.78 is 0. The highest BCUT2D eigenvalue weighted by Gasteiger charge is 2.55. The van der Waals surface area contributed by atoms with Crippen LogP contribution in [0.25, 0.3) is 0 Å². The van der Waals surface area contributed by atoms with E-state index in [1.165, 1.54) is 73.4 Å². The Balaban J connectivity index is 0.000000318. The van der Waals surface area contributed by atoms with Crippen molar-refractivity contribution < 1.29 is 38.4 Å². The van der Waals surface area contributed by atoms with Gasteiger partial charge in [0.15, 0.2) is 0 Å². The second kappa shape index (κ2) is 22.0. The lowest BCUT2D eigenvalue weighted by atomic mass is 9.63. The topological polar surface area (TPSA) is 150 Å². The maximum atomic E-state index is 11.8. The van der Waals surface area contributed by atoms with E-state index in [2.05, 4.69) is 56.0 Å². The number of likely N-dealkylation sites (N-methyl/N-ethyl adjacent to an activating group) is 2. The van der Waals surface area contributed by atoms with Crippen LogP contribution in [-0.2, 0) is 38.4 Å². The van der Waals surface area contributed by atoms with Crippen molar-refractivity contribution in [2.45, 2.75) is 51.7 Å². The summed E-state index contributed by atoms with van der Waals surface area (Å²) in [4.78, 5) is 91.7. The number of imide groups is 4. The van der Waals surface area contributed by atoms with Gasteiger partial charge in [-0.05, 0) is 49.5 Å². The Morgan fingerprint density at radius 2 is 1.02 bits per heavy atom. The molecule has 14 heteroatoms. The molecular weight excluding hydrogens is 693 g/mol. The molecule has 6 unspecified atom stereocenters. The highest BCUT2D eigenvalue weighted by molar-refractivity contribution is 8.00. The van der Waals surface area contributed by atoms with Crippen LogP contribution in [0.3, 0.4) is 0 Å². The monoisotopic (exact) mass is 744 g/mol. The Bertz CT molecular complexity index is 1360. The SMILES string of the molecule is CC.CC1C=CC=CC1.CN1C(=O)C2C3C=CC(CC3)C2C1=O.CN1C(=O)C=CC1=O.CN1C(=O)C=CC1=O.CS.CSC1CC(=O)N(C)C1=O. The molecule has 4 aliphatic carbocycles. The molecule has 4 heterocycles. The molecule has 0 aromatic rings. The van der Waals surface area contributed by atoms with Crippen LogP contribution in [-0.4, -0.2) is 113 Å². The molecule has 0 spiro atoms. The number of thiol groups is 1. The first kappa shape index (κ1) is 45.0. The van der Waals surface area contributed by atoms with Crippen molar-refractivity contribution in [1.82, 2.24) is 19.6 Å². The molecule has 0 aromatic carbocycles. The Kier molecular flexibility index (Phi) is 19.4. The Morgan fingerprint density at radius 1 is 0.608 bits per heavy atom. The summed E-state index contributed by atoms with van der Waals surface area (Å²) in [5.41, 5.74) is 0. The predicted octanol–water partition coefficient (Wildman–Crippen LogP) is 3.71. The number of likely N-dealkylation sites (tertiary alicyclic amines) is 2. The van der Waals surface area contributed by atoms with Gasteiger partial charge >= 0.3 is 0 Å². The van der Waals surface area contributed by atoms with Gasteiger partial charge in [-0.1, -0.05) is 57.2 Å². The third-order valence-corrected chi connectivity index (χ3v) is 9.80. The highest BCUT2D eigenvalue weighted by atomic mass is 32.2. The lowest BCUT2D eigenvalue weighted by molar-refractivity contribution is -0.139. The van der Waals surface area contributed by atoms with Gasteiger partial charge in [0.1, 0.15) is 0 Å². The van der Waals surface area contributed by atoms with Gasteiger partial charge < -0.3 is 0 Å². The largest absolute Gasteiger partial charge is 0.285 e. The third-order valence-electron chi connectivity index (χ3n) is 8.86. The lowest BCUT2D eigenvalue weighted by Crippen LogP contribution is -2.38. The molecule has 1 saturated carbocycles. The van der Waals surface area contributed by atoms with Crippen LogP contribution in [0.2, 0.25) is 0 Å². The third kappa shape index (κ3) is 12.0. The summed E-state index contributed by atoms with van der Waals surface area (Å²) in [5.74, 6) is 0.352. The zero-order valence-electron chi connectivity index (χ0n) is 31.0. The van der Waals surface area contributed by atoms with Crippen LogP contribution < -0.4 is 0 Å². The molecular formula is C37H52N4O8S2. The second-order valence-electron chi connectivity index (χ2n) is 12.0. The average Bonchev–Trinajstić information content (AvgIpc) is 3.80. The molecule has 3 fully saturated rings. The molecule has 8 rings (SSSR count). The van der Waals surface area contributed by atoms with Crippen molar-refractivity contribution in [3.63, 3.8) is 0 Å². The van der Waals surface area contributed by atoms with Crippen molar-refractivity contribution in [1.29, 1.82) is 0 Å². The van der Waals surface area contributed by atoms with Gasteiger partial charge in [-0.2, -0.15) is 24.4 Å². The Morgan fingerprint density at radius 3 is 1.22 bits per heavy atom. The Labute approximate surface area is 311 Å². The molecule has 0 N–H and O–H groups in total. The van der Waals surface area contributed by atoms with Gasteiger partial charge in [-0.3, -0.25) is 58.0 Å². The molecule has 51 heavy (non-hydrogen) atoms. The molecule has 280 valence electrons. The van der Waals surface area contributed by atoms with Gasteiger partial charge in [0.2, 0.25) is 23.6 Å². The number of carbonyl (C=O) groups is 8. The minimum absolute atomic E-state index is 0.0312. The van der Waals surface area contributed by atoms with Crippen molar-refractivity contribution in [3.8, 4) is 0 Å². The summed E-state index contributed by atoms with van der Waals surface area (Å²) >= 11 is 4.96. The first-order valence-corrected chi connectivity index (χ1v) is 19.0. The van der Waals surface area contributed by atoms with Gasteiger partial charge in [0.25, 0.3) is 23.6 Å². The quantitative estimate of drug-likeness (QED) is 0.241. The number of hydrogen-bond donors (Lipinski definition) is 1. The molecule has 8 aliphatic rings. The van der Waals surface area contributed by atoms with Crippen molar-refractivity contribution in [2.24, 2.45) is 29.6 Å². The first-order chi connectivity index (χ1) is 24.2. The number of nitrogens with zero attached hydrogens (tertiary/aromatic N) is 4. The average molecular weight is 745 g/mol. The molecule has 4 aliphatic heterocycles. The normalized spacial score (nSPS) is 27.3. The molecule has 2 bridgehead atoms. The van der Waals surface area contributed by atoms with E-state index in [0.717, 1.165) is 28.6 Å². The number of fused-ring (bicyclic) bond motifs is 1. The van der Waals surface area contributed by atoms with Gasteiger partial charge in [-0.25, -0.2) is 0 Å². The standard InChI is InChI=1S/C11H13NO2.C7H10.C6H9NO2S.2C5H5NO2.C2H6.CH4S/c1-12-10(13)8-6-2-3-7(5-4-6)9(8)11(12)14;1-7-5-3-2-4-6-7;1-7-5(8)3-4(10-2)6(7)9;2*1-6-4(7)2-3-5(6)8;2*1-2/h2-3,6-9H,4-5H2,1H3;2-5,7H,6H2,1H3;4H,3H2,1-2H3;2*2-3H,1H3;1-2H3;2H,1H3. The molecule has 8 amide bonds. The van der Waals surface area contributed by atoms with Gasteiger partial charge in [0.05, 0.1) is 17.1 Å². The molecule has 0 radical (unpaired) electrons. The van der Waals surface area contributed by atoms with Crippen LogP contribution in [0.15, 0.2) is 60.8 Å². The van der Waals surface area contributed by atoms with E-state index in [-0.39, 0.29) is 64.3 Å². The summed E-state index contributed by atoms with van der Waals surface area (Å²) in [5, 5.41) is -0.127. The van der Waals surface area contributed by atoms with E-state index in [9.17, 15) is 38.4 Å². The number of thioether (sulfide) groups is 1. The lowest BCUT2D eigenvalue weighted by Gasteiger charge is -2.38. The molecule has 12 nitrogen and oxygen atoms in total. The second-order valence-corrected chi connectivity index (χ2v) is 13.0. The predicted molar refractivity (Wildman–Crippen MR) is 202 cm³/mol. The highest BCUT2D eigenvalue weighted by Crippen LogP contribution is 2.49. The summed E-state index contributed by atoms with van der Waals surface area (Å²) in [6.45, 7) is 6.22. The minimum atomic E-state index is -0.241. The van der Waals surface area contributed by atoms with E-state index >= 15 is 0 Å². The van der Waals surface area contributed by atoms with E-state index in [4.69, 9.17) is 0 Å². The zero-order valence-corrected chi connectivity index (χ0v) is 32.7. The maximum Gasteiger partial charge on any atom is 0.253 e. The van der Waals surface area contributed by atoms with Crippen molar-refractivity contribution in [3.05, 3.63) is 60.8 Å². The van der Waals surface area contributed by atoms with Crippen LogP contribution >= 0.6 is 24.4 Å². The molecule has 2 saturated heterocycles. The number of amides is 8. The summed E-state index contributed by atoms with van der Waals surface area (Å²) in [7, 11) is 6.04. The number of allylic oxidation sites excluding steroid dienone is 6. The molecule has 0 aromatic heterocycles. The van der Waals surface area contributed by atoms with Gasteiger partial charge in [0, 0.05) is 58.9 Å². The summed E-state index contributed by atoms with van der Waals surface area (Å²) in [6.07, 6.45) is 25.2. The molecule has 6 atom stereocenters. The number of carbonyl (C=O) groups excluding carboxylic acids is 8. The van der Waals surface area contributed by atoms with Crippen LogP contribution in [0.1, 0.15) is 46.5 Å². The van der Waals surface area contributed by atoms with Crippen LogP contribution in [0.4, 0.5) is 0 Å². The summed E-state index contributed by atoms with van der Waals surface area (Å²) in [6, 6.07) is 0. The Hall–Kier alpha value is -4.04. The van der Waals surface area contributed by atoms with E-state index in [1.54, 1.807) is 13.3 Å². The van der Waals surface area contributed by atoms with Crippen LogP contribution in [0, 0.1) is 29.6 Å². The zero-order chi connectivity index (χ0) is 39.0.